The highest BCUT2D eigenvalue weighted by atomic mass is 32.1. The van der Waals surface area contributed by atoms with Crippen LogP contribution in [-0.4, -0.2) is 29.7 Å². The van der Waals surface area contributed by atoms with Crippen molar-refractivity contribution in [3.8, 4) is 10.9 Å². The van der Waals surface area contributed by atoms with Crippen molar-refractivity contribution < 1.29 is 9.47 Å². The lowest BCUT2D eigenvalue weighted by Crippen LogP contribution is -2.33. The molecule has 1 aromatic carbocycles. The summed E-state index contributed by atoms with van der Waals surface area (Å²) >= 11 is 1.49. The second-order valence-corrected chi connectivity index (χ2v) is 6.04. The fraction of sp³-hybridized carbons (Fsp3) is 0.250. The number of fused-ring (bicyclic) bond motifs is 1. The van der Waals surface area contributed by atoms with Gasteiger partial charge in [0.15, 0.2) is 5.65 Å². The number of benzene rings is 1. The summed E-state index contributed by atoms with van der Waals surface area (Å²) in [5.41, 5.74) is 1.84. The van der Waals surface area contributed by atoms with E-state index in [1.54, 1.807) is 6.20 Å². The smallest absolute Gasteiger partial charge is 0.281 e. The molecule has 0 spiro atoms. The van der Waals surface area contributed by atoms with Crippen molar-refractivity contribution >= 4 is 21.7 Å². The number of ether oxygens (including phenoxy) is 2. The van der Waals surface area contributed by atoms with E-state index in [1.165, 1.54) is 11.3 Å². The predicted octanol–water partition coefficient (Wildman–Crippen LogP) is 3.14. The van der Waals surface area contributed by atoms with Gasteiger partial charge in [-0.15, -0.1) is 0 Å². The highest BCUT2D eigenvalue weighted by molar-refractivity contribution is 7.20. The lowest BCUT2D eigenvalue weighted by Gasteiger charge is -2.24. The highest BCUT2D eigenvalue weighted by Crippen LogP contribution is 2.31. The van der Waals surface area contributed by atoms with Gasteiger partial charge in [-0.3, -0.25) is 0 Å². The summed E-state index contributed by atoms with van der Waals surface area (Å²) < 4.78 is 12.7. The zero-order chi connectivity index (χ0) is 14.8. The predicted molar refractivity (Wildman–Crippen MR) is 85.5 cm³/mol. The van der Waals surface area contributed by atoms with E-state index >= 15 is 0 Å². The molecule has 0 aliphatic carbocycles. The quantitative estimate of drug-likeness (QED) is 0.805. The summed E-state index contributed by atoms with van der Waals surface area (Å²) in [6.07, 6.45) is 1.81. The molecule has 0 unspecified atom stereocenters. The SMILES string of the molecule is c1cc(Oc2nc3ncccc3s2)cc([C@@H]2CNCCO2)c1. The van der Waals surface area contributed by atoms with Gasteiger partial charge in [0, 0.05) is 19.3 Å². The number of morpholine rings is 1. The van der Waals surface area contributed by atoms with Crippen molar-refractivity contribution in [2.24, 2.45) is 0 Å². The number of thiazole rings is 1. The largest absolute Gasteiger partial charge is 0.431 e. The molecule has 3 aromatic rings. The molecule has 5 nitrogen and oxygen atoms in total. The fourth-order valence-corrected chi connectivity index (χ4v) is 3.25. The maximum Gasteiger partial charge on any atom is 0.281 e. The second kappa shape index (κ2) is 6.00. The Morgan fingerprint density at radius 1 is 1.27 bits per heavy atom. The molecule has 1 saturated heterocycles. The molecule has 6 heteroatoms. The molecule has 4 rings (SSSR count). The Morgan fingerprint density at radius 3 is 3.14 bits per heavy atom. The summed E-state index contributed by atoms with van der Waals surface area (Å²) in [5, 5.41) is 3.94. The molecule has 1 aliphatic heterocycles. The van der Waals surface area contributed by atoms with Crippen LogP contribution in [0, 0.1) is 0 Å². The third kappa shape index (κ3) is 2.81. The summed E-state index contributed by atoms with van der Waals surface area (Å²) in [7, 11) is 0. The van der Waals surface area contributed by atoms with E-state index in [-0.39, 0.29) is 6.10 Å². The van der Waals surface area contributed by atoms with E-state index < -0.39 is 0 Å². The summed E-state index contributed by atoms with van der Waals surface area (Å²) in [5.74, 6) is 0.769. The summed E-state index contributed by atoms with van der Waals surface area (Å²) in [6.45, 7) is 2.47. The molecular formula is C16H15N3O2S. The first-order valence-corrected chi connectivity index (χ1v) is 8.02. The minimum atomic E-state index is 0.0781. The van der Waals surface area contributed by atoms with Gasteiger partial charge in [0.1, 0.15) is 5.75 Å². The number of rotatable bonds is 3. The molecule has 2 aromatic heterocycles. The van der Waals surface area contributed by atoms with Gasteiger partial charge in [-0.2, -0.15) is 4.98 Å². The first-order valence-electron chi connectivity index (χ1n) is 7.20. The lowest BCUT2D eigenvalue weighted by molar-refractivity contribution is 0.0276. The van der Waals surface area contributed by atoms with Gasteiger partial charge < -0.3 is 14.8 Å². The first kappa shape index (κ1) is 13.6. The number of hydrogen-bond acceptors (Lipinski definition) is 6. The van der Waals surface area contributed by atoms with Crippen LogP contribution in [-0.2, 0) is 4.74 Å². The van der Waals surface area contributed by atoms with E-state index in [2.05, 4.69) is 21.4 Å². The highest BCUT2D eigenvalue weighted by Gasteiger charge is 2.16. The molecular weight excluding hydrogens is 298 g/mol. The van der Waals surface area contributed by atoms with E-state index in [1.807, 2.05) is 30.3 Å². The molecule has 0 amide bonds. The van der Waals surface area contributed by atoms with Crippen molar-refractivity contribution in [2.75, 3.05) is 19.7 Å². The first-order chi connectivity index (χ1) is 10.9. The minimum absolute atomic E-state index is 0.0781. The van der Waals surface area contributed by atoms with Crippen LogP contribution in [0.1, 0.15) is 11.7 Å². The van der Waals surface area contributed by atoms with Crippen LogP contribution in [0.4, 0.5) is 0 Å². The zero-order valence-electron chi connectivity index (χ0n) is 11.9. The van der Waals surface area contributed by atoms with Crippen LogP contribution in [0.15, 0.2) is 42.6 Å². The summed E-state index contributed by atoms with van der Waals surface area (Å²) in [4.78, 5) is 8.62. The molecule has 1 atom stereocenters. The van der Waals surface area contributed by atoms with Crippen molar-refractivity contribution in [1.82, 2.24) is 15.3 Å². The van der Waals surface area contributed by atoms with Gasteiger partial charge in [-0.1, -0.05) is 23.5 Å². The molecule has 0 radical (unpaired) electrons. The van der Waals surface area contributed by atoms with Crippen molar-refractivity contribution in [1.29, 1.82) is 0 Å². The Balaban J connectivity index is 1.57. The van der Waals surface area contributed by atoms with Gasteiger partial charge >= 0.3 is 0 Å². The normalized spacial score (nSPS) is 18.5. The molecule has 112 valence electrons. The number of pyridine rings is 1. The Bertz CT molecular complexity index is 751. The van der Waals surface area contributed by atoms with Crippen LogP contribution in [0.2, 0.25) is 0 Å². The average molecular weight is 313 g/mol. The Morgan fingerprint density at radius 2 is 2.27 bits per heavy atom. The third-order valence-corrected chi connectivity index (χ3v) is 4.40. The van der Waals surface area contributed by atoms with Gasteiger partial charge in [-0.25, -0.2) is 4.98 Å². The van der Waals surface area contributed by atoms with E-state index in [0.29, 0.717) is 5.19 Å². The maximum absolute atomic E-state index is 5.89. The zero-order valence-corrected chi connectivity index (χ0v) is 12.7. The molecule has 22 heavy (non-hydrogen) atoms. The molecule has 0 bridgehead atoms. The number of nitrogens with one attached hydrogen (secondary N) is 1. The third-order valence-electron chi connectivity index (χ3n) is 3.51. The lowest BCUT2D eigenvalue weighted by atomic mass is 10.1. The number of nitrogens with zero attached hydrogens (tertiary/aromatic N) is 2. The Labute approximate surface area is 131 Å². The van der Waals surface area contributed by atoms with Gasteiger partial charge in [0.2, 0.25) is 0 Å². The molecule has 0 saturated carbocycles. The van der Waals surface area contributed by atoms with Crippen molar-refractivity contribution in [2.45, 2.75) is 6.10 Å². The second-order valence-electron chi connectivity index (χ2n) is 5.04. The van der Waals surface area contributed by atoms with Crippen molar-refractivity contribution in [3.05, 3.63) is 48.2 Å². The van der Waals surface area contributed by atoms with Crippen LogP contribution in [0.5, 0.6) is 10.9 Å². The van der Waals surface area contributed by atoms with Crippen LogP contribution >= 0.6 is 11.3 Å². The Kier molecular flexibility index (Phi) is 3.72. The molecule has 1 fully saturated rings. The van der Waals surface area contributed by atoms with Crippen LogP contribution in [0.25, 0.3) is 10.3 Å². The molecule has 1 aliphatic rings. The number of aromatic nitrogens is 2. The van der Waals surface area contributed by atoms with E-state index in [9.17, 15) is 0 Å². The summed E-state index contributed by atoms with van der Waals surface area (Å²) in [6, 6.07) is 11.9. The maximum atomic E-state index is 5.89. The van der Waals surface area contributed by atoms with Gasteiger partial charge in [-0.05, 0) is 29.8 Å². The van der Waals surface area contributed by atoms with E-state index in [4.69, 9.17) is 9.47 Å². The molecule has 1 N–H and O–H groups in total. The monoisotopic (exact) mass is 313 g/mol. The van der Waals surface area contributed by atoms with Crippen LogP contribution < -0.4 is 10.1 Å². The topological polar surface area (TPSA) is 56.3 Å². The Hall–Kier alpha value is -2.02. The van der Waals surface area contributed by atoms with Gasteiger partial charge in [0.25, 0.3) is 5.19 Å². The fourth-order valence-electron chi connectivity index (χ4n) is 2.45. The number of hydrogen-bond donors (Lipinski definition) is 1. The minimum Gasteiger partial charge on any atom is -0.431 e. The average Bonchev–Trinajstić information content (AvgIpc) is 2.98. The molecule has 3 heterocycles. The van der Waals surface area contributed by atoms with E-state index in [0.717, 1.165) is 41.4 Å². The standard InChI is InChI=1S/C16H15N3O2S/c1-3-11(13-10-17-7-8-20-13)9-12(4-1)21-16-19-15-14(22-16)5-2-6-18-15/h1-6,9,13,17H,7-8,10H2/t13-/m0/s1. The van der Waals surface area contributed by atoms with Crippen molar-refractivity contribution in [3.63, 3.8) is 0 Å². The van der Waals surface area contributed by atoms with Crippen LogP contribution in [0.3, 0.4) is 0 Å². The van der Waals surface area contributed by atoms with Gasteiger partial charge in [0.05, 0.1) is 17.4 Å².